The number of anilines is 2. The van der Waals surface area contributed by atoms with Gasteiger partial charge in [-0.2, -0.15) is 25.9 Å². The van der Waals surface area contributed by atoms with Gasteiger partial charge in [-0.3, -0.25) is 4.98 Å². The lowest BCUT2D eigenvalue weighted by atomic mass is 9.78. The molecule has 0 amide bonds. The van der Waals surface area contributed by atoms with Crippen molar-refractivity contribution in [1.29, 1.82) is 0 Å². The number of fused-ring (bicyclic) bond motifs is 1. The maximum atomic E-state index is 12.9. The van der Waals surface area contributed by atoms with Gasteiger partial charge in [0.15, 0.2) is 0 Å². The van der Waals surface area contributed by atoms with Crippen LogP contribution in [0, 0.1) is 5.41 Å². The van der Waals surface area contributed by atoms with Gasteiger partial charge >= 0.3 is 6.18 Å². The lowest BCUT2D eigenvalue weighted by Gasteiger charge is -2.42. The molecule has 1 atom stereocenters. The highest BCUT2D eigenvalue weighted by atomic mass is 32.2. The maximum Gasteiger partial charge on any atom is 0.416 e. The molecule has 1 fully saturated rings. The minimum absolute atomic E-state index is 0.337. The number of pyridine rings is 1. The SMILES string of the molecule is CNS(=O)(=O)N1CCC2(Cc3ncccc3N(c3ccc(C(F)(F)F)cc3)C2)C1. The second-order valence-corrected chi connectivity index (χ2v) is 9.44. The molecule has 2 aliphatic rings. The van der Waals surface area contributed by atoms with Crippen molar-refractivity contribution in [3.8, 4) is 0 Å². The number of alkyl halides is 3. The van der Waals surface area contributed by atoms with Crippen molar-refractivity contribution in [2.24, 2.45) is 5.41 Å². The summed E-state index contributed by atoms with van der Waals surface area (Å²) in [6, 6.07) is 8.73. The summed E-state index contributed by atoms with van der Waals surface area (Å²) in [5, 5.41) is 0. The Balaban J connectivity index is 1.69. The first-order valence-electron chi connectivity index (χ1n) is 9.21. The van der Waals surface area contributed by atoms with Crippen molar-refractivity contribution < 1.29 is 21.6 Å². The number of benzene rings is 1. The van der Waals surface area contributed by atoms with E-state index in [4.69, 9.17) is 0 Å². The molecule has 1 N–H and O–H groups in total. The molecule has 6 nitrogen and oxygen atoms in total. The predicted octanol–water partition coefficient (Wildman–Crippen LogP) is 2.95. The van der Waals surface area contributed by atoms with Crippen LogP contribution in [0.1, 0.15) is 17.7 Å². The molecular weight excluding hydrogens is 405 g/mol. The zero-order chi connectivity index (χ0) is 20.9. The van der Waals surface area contributed by atoms with Gasteiger partial charge in [-0.25, -0.2) is 4.72 Å². The highest BCUT2D eigenvalue weighted by molar-refractivity contribution is 7.87. The van der Waals surface area contributed by atoms with Gasteiger partial charge < -0.3 is 4.90 Å². The Labute approximate surface area is 167 Å². The summed E-state index contributed by atoms with van der Waals surface area (Å²) in [5.41, 5.74) is 1.23. The summed E-state index contributed by atoms with van der Waals surface area (Å²) >= 11 is 0. The zero-order valence-electron chi connectivity index (χ0n) is 15.8. The smallest absolute Gasteiger partial charge is 0.339 e. The highest BCUT2D eigenvalue weighted by Gasteiger charge is 2.46. The van der Waals surface area contributed by atoms with Gasteiger partial charge in [0.25, 0.3) is 10.2 Å². The zero-order valence-corrected chi connectivity index (χ0v) is 16.6. The topological polar surface area (TPSA) is 65.5 Å². The van der Waals surface area contributed by atoms with E-state index in [1.165, 1.54) is 23.5 Å². The fourth-order valence-electron chi connectivity index (χ4n) is 4.21. The average molecular weight is 426 g/mol. The standard InChI is InChI=1S/C19H21F3N4O2S/c1-23-29(27,28)25-10-8-18(12-25)11-16-17(3-2-9-24-16)26(13-18)15-6-4-14(5-7-15)19(20,21)22/h2-7,9,23H,8,10-13H2,1H3. The fraction of sp³-hybridized carbons (Fsp3) is 0.421. The third kappa shape index (κ3) is 3.72. The molecule has 0 saturated carbocycles. The van der Waals surface area contributed by atoms with Crippen LogP contribution in [-0.2, 0) is 22.8 Å². The second kappa shape index (κ2) is 6.96. The van der Waals surface area contributed by atoms with E-state index >= 15 is 0 Å². The summed E-state index contributed by atoms with van der Waals surface area (Å²) in [6.45, 7) is 1.24. The predicted molar refractivity (Wildman–Crippen MR) is 103 cm³/mol. The minimum Gasteiger partial charge on any atom is -0.339 e. The number of hydrogen-bond donors (Lipinski definition) is 1. The van der Waals surface area contributed by atoms with Crippen LogP contribution in [0.5, 0.6) is 0 Å². The van der Waals surface area contributed by atoms with Crippen LogP contribution in [0.4, 0.5) is 24.5 Å². The molecule has 2 aromatic rings. The third-order valence-corrected chi connectivity index (χ3v) is 7.21. The number of hydrogen-bond acceptors (Lipinski definition) is 4. The van der Waals surface area contributed by atoms with Gasteiger partial charge in [-0.15, -0.1) is 0 Å². The lowest BCUT2D eigenvalue weighted by Crippen LogP contribution is -2.45. The van der Waals surface area contributed by atoms with E-state index in [0.29, 0.717) is 38.2 Å². The van der Waals surface area contributed by atoms with E-state index in [1.54, 1.807) is 12.3 Å². The Morgan fingerprint density at radius 1 is 1.14 bits per heavy atom. The molecule has 0 aliphatic carbocycles. The lowest BCUT2D eigenvalue weighted by molar-refractivity contribution is -0.137. The number of rotatable bonds is 3. The molecule has 3 heterocycles. The first kappa shape index (κ1) is 20.1. The first-order valence-corrected chi connectivity index (χ1v) is 10.6. The van der Waals surface area contributed by atoms with Crippen LogP contribution >= 0.6 is 0 Å². The summed E-state index contributed by atoms with van der Waals surface area (Å²) < 4.78 is 67.1. The van der Waals surface area contributed by atoms with Crippen LogP contribution in [0.3, 0.4) is 0 Å². The molecule has 1 spiro atoms. The number of nitrogens with one attached hydrogen (secondary N) is 1. The van der Waals surface area contributed by atoms with E-state index in [9.17, 15) is 21.6 Å². The van der Waals surface area contributed by atoms with Crippen molar-refractivity contribution in [3.05, 3.63) is 53.9 Å². The molecule has 0 bridgehead atoms. The number of halogens is 3. The quantitative estimate of drug-likeness (QED) is 0.820. The maximum absolute atomic E-state index is 12.9. The van der Waals surface area contributed by atoms with Crippen molar-refractivity contribution in [3.63, 3.8) is 0 Å². The van der Waals surface area contributed by atoms with Crippen molar-refractivity contribution in [1.82, 2.24) is 14.0 Å². The van der Waals surface area contributed by atoms with Crippen LogP contribution in [0.2, 0.25) is 0 Å². The van der Waals surface area contributed by atoms with Crippen molar-refractivity contribution in [2.45, 2.75) is 19.0 Å². The second-order valence-electron chi connectivity index (χ2n) is 7.57. The van der Waals surface area contributed by atoms with Gasteiger partial charge in [0.2, 0.25) is 0 Å². The Morgan fingerprint density at radius 3 is 2.52 bits per heavy atom. The number of nitrogens with zero attached hydrogens (tertiary/aromatic N) is 3. The molecule has 2 aliphatic heterocycles. The van der Waals surface area contributed by atoms with Crippen LogP contribution in [0.25, 0.3) is 0 Å². The molecule has 1 unspecified atom stereocenters. The van der Waals surface area contributed by atoms with Crippen LogP contribution in [-0.4, -0.2) is 44.4 Å². The first-order chi connectivity index (χ1) is 13.6. The molecule has 29 heavy (non-hydrogen) atoms. The van der Waals surface area contributed by atoms with Gasteiger partial charge in [0.1, 0.15) is 0 Å². The summed E-state index contributed by atoms with van der Waals surface area (Å²) in [7, 11) is -2.15. The highest BCUT2D eigenvalue weighted by Crippen LogP contribution is 2.45. The van der Waals surface area contributed by atoms with E-state index < -0.39 is 21.9 Å². The molecule has 0 radical (unpaired) electrons. The number of aromatic nitrogens is 1. The van der Waals surface area contributed by atoms with Gasteiger partial charge in [-0.1, -0.05) is 0 Å². The molecule has 1 aromatic heterocycles. The third-order valence-electron chi connectivity index (χ3n) is 5.70. The summed E-state index contributed by atoms with van der Waals surface area (Å²) in [6.07, 6.45) is -1.44. The molecular formula is C19H21F3N4O2S. The van der Waals surface area contributed by atoms with Gasteiger partial charge in [0, 0.05) is 50.4 Å². The van der Waals surface area contributed by atoms with Gasteiger partial charge in [-0.05, 0) is 42.8 Å². The fourth-order valence-corrected chi connectivity index (χ4v) is 5.24. The summed E-state index contributed by atoms with van der Waals surface area (Å²) in [5.74, 6) is 0. The van der Waals surface area contributed by atoms with E-state index in [1.807, 2.05) is 11.0 Å². The Kier molecular flexibility index (Phi) is 4.83. The molecule has 4 rings (SSSR count). The van der Waals surface area contributed by atoms with Crippen LogP contribution in [0.15, 0.2) is 42.6 Å². The van der Waals surface area contributed by atoms with Crippen molar-refractivity contribution in [2.75, 3.05) is 31.6 Å². The molecule has 10 heteroatoms. The molecule has 1 aromatic carbocycles. The monoisotopic (exact) mass is 426 g/mol. The molecule has 156 valence electrons. The summed E-state index contributed by atoms with van der Waals surface area (Å²) in [4.78, 5) is 6.42. The Hall–Kier alpha value is -2.17. The minimum atomic E-state index is -4.39. The average Bonchev–Trinajstić information content (AvgIpc) is 3.11. The normalized spacial score (nSPS) is 22.8. The van der Waals surface area contributed by atoms with Crippen LogP contribution < -0.4 is 9.62 Å². The molecule has 1 saturated heterocycles. The Bertz CT molecular complexity index is 1010. The van der Waals surface area contributed by atoms with E-state index in [-0.39, 0.29) is 5.41 Å². The largest absolute Gasteiger partial charge is 0.416 e. The van der Waals surface area contributed by atoms with E-state index in [0.717, 1.165) is 23.5 Å². The Morgan fingerprint density at radius 2 is 1.86 bits per heavy atom. The van der Waals surface area contributed by atoms with Gasteiger partial charge in [0.05, 0.1) is 16.9 Å². The van der Waals surface area contributed by atoms with Crippen molar-refractivity contribution >= 4 is 21.6 Å². The van der Waals surface area contributed by atoms with E-state index in [2.05, 4.69) is 9.71 Å².